The van der Waals surface area contributed by atoms with Crippen molar-refractivity contribution in [2.75, 3.05) is 21.3 Å². The molecule has 0 atom stereocenters. The fraction of sp³-hybridized carbons (Fsp3) is 0.167. The minimum atomic E-state index is 0.579. The van der Waals surface area contributed by atoms with E-state index >= 15 is 0 Å². The van der Waals surface area contributed by atoms with Crippen molar-refractivity contribution in [3.63, 3.8) is 0 Å². The number of rotatable bonds is 5. The highest BCUT2D eigenvalue weighted by Gasteiger charge is 2.17. The fourth-order valence-corrected chi connectivity index (χ4v) is 2.92. The lowest BCUT2D eigenvalue weighted by Crippen LogP contribution is -1.98. The van der Waals surface area contributed by atoms with Crippen LogP contribution in [0.3, 0.4) is 0 Å². The summed E-state index contributed by atoms with van der Waals surface area (Å²) in [6.45, 7) is 0. The van der Waals surface area contributed by atoms with Gasteiger partial charge in [0.2, 0.25) is 5.75 Å². The molecule has 0 bridgehead atoms. The monoisotopic (exact) mass is 421 g/mol. The molecule has 0 fully saturated rings. The van der Waals surface area contributed by atoms with E-state index in [9.17, 15) is 0 Å². The molecule has 2 rings (SSSR count). The molecule has 0 spiro atoms. The van der Waals surface area contributed by atoms with Gasteiger partial charge in [-0.25, -0.2) is 0 Å². The second-order valence-corrected chi connectivity index (χ2v) is 5.69. The molecule has 4 nitrogen and oxygen atoms in total. The molecule has 0 heterocycles. The lowest BCUT2D eigenvalue weighted by atomic mass is 10.1. The van der Waals surface area contributed by atoms with Crippen LogP contribution in [0.4, 0.5) is 0 Å². The van der Waals surface area contributed by atoms with Gasteiger partial charge in [-0.1, -0.05) is 24.3 Å². The molecule has 118 valence electrons. The molecule has 2 aromatic rings. The van der Waals surface area contributed by atoms with Crippen molar-refractivity contribution in [3.8, 4) is 23.3 Å². The van der Waals surface area contributed by atoms with Gasteiger partial charge in [0, 0.05) is 0 Å². The van der Waals surface area contributed by atoms with Crippen molar-refractivity contribution in [2.45, 2.75) is 0 Å². The maximum Gasteiger partial charge on any atom is 0.204 e. The van der Waals surface area contributed by atoms with Gasteiger partial charge < -0.3 is 14.2 Å². The fourth-order valence-electron chi connectivity index (χ4n) is 2.12. The van der Waals surface area contributed by atoms with Crippen LogP contribution in [0, 0.1) is 14.9 Å². The second kappa shape index (κ2) is 7.88. The molecule has 0 N–H and O–H groups in total. The summed E-state index contributed by atoms with van der Waals surface area (Å²) in [7, 11) is 4.79. The predicted octanol–water partition coefficient (Wildman–Crippen LogP) is 4.36. The molecule has 0 radical (unpaired) electrons. The Labute approximate surface area is 149 Å². The molecule has 0 aliphatic carbocycles. The molecular formula is C18H16INO3. The van der Waals surface area contributed by atoms with Gasteiger partial charge in [0.25, 0.3) is 0 Å². The molecule has 0 saturated carbocycles. The van der Waals surface area contributed by atoms with Crippen LogP contribution in [0.1, 0.15) is 16.7 Å². The van der Waals surface area contributed by atoms with E-state index in [4.69, 9.17) is 19.5 Å². The minimum absolute atomic E-state index is 0.579. The Balaban J connectivity index is 2.42. The summed E-state index contributed by atoms with van der Waals surface area (Å²) in [5.41, 5.74) is 2.61. The Morgan fingerprint density at radius 1 is 0.957 bits per heavy atom. The van der Waals surface area contributed by atoms with Crippen LogP contribution in [0.15, 0.2) is 30.3 Å². The van der Waals surface area contributed by atoms with E-state index in [1.807, 2.05) is 30.4 Å². The van der Waals surface area contributed by atoms with Crippen molar-refractivity contribution in [1.29, 1.82) is 5.26 Å². The number of nitriles is 1. The number of ether oxygens (including phenoxy) is 3. The van der Waals surface area contributed by atoms with Crippen molar-refractivity contribution >= 4 is 34.7 Å². The van der Waals surface area contributed by atoms with Crippen molar-refractivity contribution in [3.05, 3.63) is 50.6 Å². The van der Waals surface area contributed by atoms with Gasteiger partial charge in [0.05, 0.1) is 36.5 Å². The van der Waals surface area contributed by atoms with Crippen LogP contribution in [-0.4, -0.2) is 21.3 Å². The van der Waals surface area contributed by atoms with Gasteiger partial charge in [-0.3, -0.25) is 0 Å². The molecule has 5 heteroatoms. The third-order valence-electron chi connectivity index (χ3n) is 3.29. The number of methoxy groups -OCH3 is 3. The average molecular weight is 421 g/mol. The quantitative estimate of drug-likeness (QED) is 0.532. The average Bonchev–Trinajstić information content (AvgIpc) is 2.60. The van der Waals surface area contributed by atoms with Crippen LogP contribution in [0.5, 0.6) is 17.2 Å². The summed E-state index contributed by atoms with van der Waals surface area (Å²) in [5.74, 6) is 1.84. The zero-order valence-electron chi connectivity index (χ0n) is 13.1. The summed E-state index contributed by atoms with van der Waals surface area (Å²) in [4.78, 5) is 0. The van der Waals surface area contributed by atoms with Crippen molar-refractivity contribution in [1.82, 2.24) is 0 Å². The Hall–Kier alpha value is -2.20. The molecular weight excluding hydrogens is 405 g/mol. The van der Waals surface area contributed by atoms with Crippen LogP contribution in [0.25, 0.3) is 12.2 Å². The number of nitrogens with zero attached hydrogens (tertiary/aromatic N) is 1. The van der Waals surface area contributed by atoms with E-state index in [0.29, 0.717) is 22.8 Å². The van der Waals surface area contributed by atoms with Gasteiger partial charge in [0.1, 0.15) is 0 Å². The predicted molar refractivity (Wildman–Crippen MR) is 98.9 cm³/mol. The van der Waals surface area contributed by atoms with Crippen LogP contribution < -0.4 is 14.2 Å². The minimum Gasteiger partial charge on any atom is -0.493 e. The van der Waals surface area contributed by atoms with E-state index in [2.05, 4.69) is 28.7 Å². The summed E-state index contributed by atoms with van der Waals surface area (Å²) in [6.07, 6.45) is 3.96. The molecule has 0 saturated heterocycles. The van der Waals surface area contributed by atoms with Crippen LogP contribution >= 0.6 is 22.6 Å². The summed E-state index contributed by atoms with van der Waals surface area (Å²) in [6, 6.07) is 11.4. The van der Waals surface area contributed by atoms with Gasteiger partial charge in [0.15, 0.2) is 11.5 Å². The van der Waals surface area contributed by atoms with Gasteiger partial charge >= 0.3 is 0 Å². The smallest absolute Gasteiger partial charge is 0.204 e. The summed E-state index contributed by atoms with van der Waals surface area (Å²) >= 11 is 2.22. The molecule has 0 aromatic heterocycles. The lowest BCUT2D eigenvalue weighted by molar-refractivity contribution is 0.323. The number of benzene rings is 2. The Bertz CT molecular complexity index is 761. The van der Waals surface area contributed by atoms with Crippen molar-refractivity contribution < 1.29 is 14.2 Å². The Kier molecular flexibility index (Phi) is 5.88. The molecule has 0 aliphatic rings. The zero-order valence-corrected chi connectivity index (χ0v) is 15.2. The van der Waals surface area contributed by atoms with E-state index in [1.165, 1.54) is 0 Å². The topological polar surface area (TPSA) is 51.5 Å². The maximum atomic E-state index is 8.83. The first-order valence-corrected chi connectivity index (χ1v) is 7.89. The van der Waals surface area contributed by atoms with Gasteiger partial charge in [-0.15, -0.1) is 0 Å². The van der Waals surface area contributed by atoms with Crippen LogP contribution in [0.2, 0.25) is 0 Å². The standard InChI is InChI=1S/C18H16INO3/c1-21-15-10-14(16(19)18(23-3)17(15)22-2)9-8-12-4-6-13(11-20)7-5-12/h4-10H,1-3H3/b9-8-. The highest BCUT2D eigenvalue weighted by atomic mass is 127. The van der Waals surface area contributed by atoms with E-state index in [1.54, 1.807) is 33.5 Å². The highest BCUT2D eigenvalue weighted by molar-refractivity contribution is 14.1. The SMILES string of the molecule is COc1cc(/C=C\c2ccc(C#N)cc2)c(I)c(OC)c1OC. The van der Waals surface area contributed by atoms with E-state index < -0.39 is 0 Å². The van der Waals surface area contributed by atoms with Gasteiger partial charge in [-0.05, 0) is 51.9 Å². The second-order valence-electron chi connectivity index (χ2n) is 4.62. The zero-order chi connectivity index (χ0) is 16.8. The first-order valence-electron chi connectivity index (χ1n) is 6.81. The largest absolute Gasteiger partial charge is 0.493 e. The third kappa shape index (κ3) is 3.77. The first-order chi connectivity index (χ1) is 11.1. The highest BCUT2D eigenvalue weighted by Crippen LogP contribution is 2.43. The normalized spacial score (nSPS) is 10.4. The molecule has 23 heavy (non-hydrogen) atoms. The van der Waals surface area contributed by atoms with Crippen LogP contribution in [-0.2, 0) is 0 Å². The first kappa shape index (κ1) is 17.2. The number of hydrogen-bond donors (Lipinski definition) is 0. The third-order valence-corrected chi connectivity index (χ3v) is 4.41. The van der Waals surface area contributed by atoms with E-state index in [-0.39, 0.29) is 0 Å². The molecule has 0 unspecified atom stereocenters. The summed E-state index contributed by atoms with van der Waals surface area (Å²) in [5, 5.41) is 8.83. The molecule has 0 aliphatic heterocycles. The number of hydrogen-bond acceptors (Lipinski definition) is 4. The molecule has 2 aromatic carbocycles. The lowest BCUT2D eigenvalue weighted by Gasteiger charge is -2.15. The maximum absolute atomic E-state index is 8.83. The Morgan fingerprint density at radius 2 is 1.61 bits per heavy atom. The Morgan fingerprint density at radius 3 is 2.13 bits per heavy atom. The molecule has 0 amide bonds. The number of halogens is 1. The van der Waals surface area contributed by atoms with Gasteiger partial charge in [-0.2, -0.15) is 5.26 Å². The van der Waals surface area contributed by atoms with Crippen molar-refractivity contribution in [2.24, 2.45) is 0 Å². The van der Waals surface area contributed by atoms with E-state index in [0.717, 1.165) is 14.7 Å². The summed E-state index contributed by atoms with van der Waals surface area (Å²) < 4.78 is 17.1.